The molecule has 2 fully saturated rings. The topological polar surface area (TPSA) is 32.8 Å². The van der Waals surface area contributed by atoms with Gasteiger partial charge in [0.25, 0.3) is 0 Å². The summed E-state index contributed by atoms with van der Waals surface area (Å²) in [4.78, 5) is 16.9. The first kappa shape index (κ1) is 17.6. The fraction of sp³-hybridized carbons (Fsp3) is 0.632. The summed E-state index contributed by atoms with van der Waals surface area (Å²) in [7, 11) is 0. The second kappa shape index (κ2) is 6.58. The number of ether oxygens (including phenoxy) is 1. The summed E-state index contributed by atoms with van der Waals surface area (Å²) in [6, 6.07) is 6.70. The molecule has 1 aromatic rings. The van der Waals surface area contributed by atoms with Gasteiger partial charge in [0.05, 0.1) is 0 Å². The molecule has 3 rings (SSSR count). The molecule has 24 heavy (non-hydrogen) atoms. The zero-order valence-corrected chi connectivity index (χ0v) is 16.6. The molecule has 132 valence electrons. The van der Waals surface area contributed by atoms with Crippen molar-refractivity contribution in [3.8, 4) is 0 Å². The van der Waals surface area contributed by atoms with E-state index in [4.69, 9.17) is 4.74 Å². The quantitative estimate of drug-likeness (QED) is 0.697. The van der Waals surface area contributed by atoms with Crippen molar-refractivity contribution in [3.63, 3.8) is 0 Å². The lowest BCUT2D eigenvalue weighted by Crippen LogP contribution is -2.48. The van der Waals surface area contributed by atoms with Crippen LogP contribution in [0.2, 0.25) is 0 Å². The molecule has 2 unspecified atom stereocenters. The van der Waals surface area contributed by atoms with E-state index in [1.54, 1.807) is 0 Å². The highest BCUT2D eigenvalue weighted by atomic mass is 79.9. The van der Waals surface area contributed by atoms with E-state index in [-0.39, 0.29) is 6.09 Å². The van der Waals surface area contributed by atoms with E-state index in [1.807, 2.05) is 25.7 Å². The fourth-order valence-corrected chi connectivity index (χ4v) is 4.25. The van der Waals surface area contributed by atoms with E-state index < -0.39 is 5.60 Å². The zero-order valence-electron chi connectivity index (χ0n) is 15.0. The van der Waals surface area contributed by atoms with E-state index in [1.165, 1.54) is 11.3 Å². The Hall–Kier alpha value is -1.23. The third-order valence-corrected chi connectivity index (χ3v) is 5.90. The maximum Gasteiger partial charge on any atom is 0.410 e. The van der Waals surface area contributed by atoms with Crippen molar-refractivity contribution in [2.45, 2.75) is 52.2 Å². The highest BCUT2D eigenvalue weighted by Crippen LogP contribution is 2.36. The first-order valence-electron chi connectivity index (χ1n) is 8.76. The number of benzene rings is 1. The van der Waals surface area contributed by atoms with Gasteiger partial charge in [-0.3, -0.25) is 0 Å². The van der Waals surface area contributed by atoms with Crippen molar-refractivity contribution in [3.05, 3.63) is 28.2 Å². The van der Waals surface area contributed by atoms with Gasteiger partial charge in [-0.15, -0.1) is 0 Å². The van der Waals surface area contributed by atoms with Gasteiger partial charge in [-0.05, 0) is 64.2 Å². The molecule has 2 aliphatic heterocycles. The summed E-state index contributed by atoms with van der Waals surface area (Å²) in [5.41, 5.74) is 2.17. The van der Waals surface area contributed by atoms with E-state index in [9.17, 15) is 4.79 Å². The van der Waals surface area contributed by atoms with Gasteiger partial charge in [0.15, 0.2) is 0 Å². The molecule has 0 aromatic heterocycles. The number of fused-ring (bicyclic) bond motifs is 1. The van der Waals surface area contributed by atoms with Gasteiger partial charge in [-0.1, -0.05) is 22.0 Å². The molecule has 1 amide bonds. The first-order chi connectivity index (χ1) is 11.3. The monoisotopic (exact) mass is 394 g/mol. The Bertz CT molecular complexity index is 626. The van der Waals surface area contributed by atoms with Gasteiger partial charge in [0, 0.05) is 35.8 Å². The number of nitrogens with zero attached hydrogens (tertiary/aromatic N) is 2. The Morgan fingerprint density at radius 1 is 1.25 bits per heavy atom. The van der Waals surface area contributed by atoms with Crippen LogP contribution in [0.25, 0.3) is 0 Å². The lowest BCUT2D eigenvalue weighted by molar-refractivity contribution is 0.0194. The van der Waals surface area contributed by atoms with Crippen molar-refractivity contribution in [1.82, 2.24) is 4.90 Å². The van der Waals surface area contributed by atoms with Crippen LogP contribution >= 0.6 is 15.9 Å². The third kappa shape index (κ3) is 3.56. The van der Waals surface area contributed by atoms with Crippen molar-refractivity contribution >= 4 is 27.7 Å². The molecule has 2 saturated heterocycles. The second-order valence-electron chi connectivity index (χ2n) is 7.91. The number of hydrogen-bond donors (Lipinski definition) is 0. The molecule has 2 atom stereocenters. The Kier molecular flexibility index (Phi) is 4.82. The Morgan fingerprint density at radius 2 is 2.00 bits per heavy atom. The molecule has 2 heterocycles. The van der Waals surface area contributed by atoms with Gasteiger partial charge in [0.2, 0.25) is 0 Å². The van der Waals surface area contributed by atoms with Gasteiger partial charge >= 0.3 is 6.09 Å². The number of likely N-dealkylation sites (tertiary alicyclic amines) is 1. The van der Waals surface area contributed by atoms with Crippen molar-refractivity contribution in [1.29, 1.82) is 0 Å². The predicted molar refractivity (Wildman–Crippen MR) is 101 cm³/mol. The molecule has 1 aromatic carbocycles. The Balaban J connectivity index is 1.69. The molecule has 5 heteroatoms. The lowest BCUT2D eigenvalue weighted by Gasteiger charge is -2.40. The van der Waals surface area contributed by atoms with Crippen LogP contribution in [-0.2, 0) is 4.74 Å². The Morgan fingerprint density at radius 3 is 2.71 bits per heavy atom. The average molecular weight is 395 g/mol. The molecule has 0 bridgehead atoms. The minimum absolute atomic E-state index is 0.151. The number of rotatable bonds is 1. The second-order valence-corrected chi connectivity index (χ2v) is 8.76. The summed E-state index contributed by atoms with van der Waals surface area (Å²) in [6.07, 6.45) is 1.92. The minimum atomic E-state index is -0.427. The van der Waals surface area contributed by atoms with Gasteiger partial charge in [-0.25, -0.2) is 4.79 Å². The maximum absolute atomic E-state index is 12.5. The van der Waals surface area contributed by atoms with Crippen LogP contribution in [-0.4, -0.2) is 42.3 Å². The smallest absolute Gasteiger partial charge is 0.410 e. The highest BCUT2D eigenvalue weighted by molar-refractivity contribution is 9.10. The first-order valence-corrected chi connectivity index (χ1v) is 9.55. The summed E-state index contributed by atoms with van der Waals surface area (Å²) in [6.45, 7) is 10.8. The normalized spacial score (nSPS) is 24.0. The standard InChI is InChI=1S/C19H27BrN2O2/c1-13-15(20)6-5-7-16(13)21-10-9-17-14(12-21)8-11-22(17)18(23)24-19(2,3)4/h5-7,14,17H,8-12H2,1-4H3. The Labute approximate surface area is 153 Å². The number of hydrogen-bond acceptors (Lipinski definition) is 3. The third-order valence-electron chi connectivity index (χ3n) is 5.04. The summed E-state index contributed by atoms with van der Waals surface area (Å²) >= 11 is 3.63. The SMILES string of the molecule is Cc1c(Br)cccc1N1CCC2C(CCN2C(=O)OC(C)(C)C)C1. The minimum Gasteiger partial charge on any atom is -0.444 e. The molecule has 2 aliphatic rings. The van der Waals surface area contributed by atoms with Crippen LogP contribution in [0, 0.1) is 12.8 Å². The summed E-state index contributed by atoms with van der Waals surface area (Å²) in [5, 5.41) is 0. The number of carbonyl (C=O) groups is 1. The van der Waals surface area contributed by atoms with Crippen molar-refractivity contribution < 1.29 is 9.53 Å². The molecule has 4 nitrogen and oxygen atoms in total. The summed E-state index contributed by atoms with van der Waals surface area (Å²) < 4.78 is 6.74. The molecule has 0 aliphatic carbocycles. The van der Waals surface area contributed by atoms with E-state index >= 15 is 0 Å². The van der Waals surface area contributed by atoms with Crippen LogP contribution in [0.4, 0.5) is 10.5 Å². The maximum atomic E-state index is 12.5. The number of piperidine rings is 1. The van der Waals surface area contributed by atoms with Gasteiger partial charge < -0.3 is 14.5 Å². The van der Waals surface area contributed by atoms with Crippen LogP contribution in [0.15, 0.2) is 22.7 Å². The fourth-order valence-electron chi connectivity index (χ4n) is 3.89. The summed E-state index contributed by atoms with van der Waals surface area (Å²) in [5.74, 6) is 0.532. The number of amides is 1. The van der Waals surface area contributed by atoms with Gasteiger partial charge in [0.1, 0.15) is 5.60 Å². The van der Waals surface area contributed by atoms with E-state index in [0.29, 0.717) is 12.0 Å². The van der Waals surface area contributed by atoms with Crippen molar-refractivity contribution in [2.24, 2.45) is 5.92 Å². The molecule has 0 spiro atoms. The van der Waals surface area contributed by atoms with E-state index in [0.717, 1.165) is 36.9 Å². The highest BCUT2D eigenvalue weighted by Gasteiger charge is 2.42. The van der Waals surface area contributed by atoms with E-state index in [2.05, 4.69) is 46.0 Å². The van der Waals surface area contributed by atoms with Crippen LogP contribution < -0.4 is 4.90 Å². The van der Waals surface area contributed by atoms with Crippen LogP contribution in [0.1, 0.15) is 39.2 Å². The predicted octanol–water partition coefficient (Wildman–Crippen LogP) is 4.59. The molecule has 0 N–H and O–H groups in total. The number of carbonyl (C=O) groups excluding carboxylic acids is 1. The number of halogens is 1. The molecular weight excluding hydrogens is 368 g/mol. The average Bonchev–Trinajstić information content (AvgIpc) is 2.91. The van der Waals surface area contributed by atoms with Gasteiger partial charge in [-0.2, -0.15) is 0 Å². The molecular formula is C19H27BrN2O2. The largest absolute Gasteiger partial charge is 0.444 e. The van der Waals surface area contributed by atoms with Crippen LogP contribution in [0.3, 0.4) is 0 Å². The van der Waals surface area contributed by atoms with Crippen LogP contribution in [0.5, 0.6) is 0 Å². The lowest BCUT2D eigenvalue weighted by atomic mass is 9.92. The number of anilines is 1. The molecule has 0 saturated carbocycles. The zero-order chi connectivity index (χ0) is 17.5. The van der Waals surface area contributed by atoms with Crippen molar-refractivity contribution in [2.75, 3.05) is 24.5 Å². The molecule has 0 radical (unpaired) electrons.